The average molecular weight is 528 g/mol. The monoisotopic (exact) mass is 528 g/mol. The lowest BCUT2D eigenvalue weighted by Gasteiger charge is -2.44. The summed E-state index contributed by atoms with van der Waals surface area (Å²) in [6.45, 7) is 0.186. The van der Waals surface area contributed by atoms with Gasteiger partial charge in [0.1, 0.15) is 0 Å². The largest absolute Gasteiger partial charge is 0.423 e. The normalized spacial score (nSPS) is 17.5. The lowest BCUT2D eigenvalue weighted by molar-refractivity contribution is -0.475. The van der Waals surface area contributed by atoms with Crippen LogP contribution in [0.4, 0.5) is 83.4 Å². The number of rotatable bonds is 10. The fraction of sp³-hybridized carbons (Fsp3) is 1.00. The Kier molecular flexibility index (Phi) is 7.25. The summed E-state index contributed by atoms with van der Waals surface area (Å²) < 4.78 is 247. The molecule has 0 radical (unpaired) electrons. The Morgan fingerprint density at radius 3 is 0.906 bits per heavy atom. The van der Waals surface area contributed by atoms with Gasteiger partial charge in [0.25, 0.3) is 0 Å². The van der Waals surface area contributed by atoms with Crippen molar-refractivity contribution in [2.75, 3.05) is 0 Å². The van der Waals surface area contributed by atoms with Crippen molar-refractivity contribution in [2.24, 2.45) is 0 Å². The minimum absolute atomic E-state index is 0.186. The lowest BCUT2D eigenvalue weighted by atomic mass is 9.86. The van der Waals surface area contributed by atoms with E-state index in [0.29, 0.717) is 0 Å². The van der Waals surface area contributed by atoms with Gasteiger partial charge in [-0.3, -0.25) is 0 Å². The highest BCUT2D eigenvalue weighted by Gasteiger charge is 2.96. The minimum atomic E-state index is -8.93. The Bertz CT molecular complexity index is 674. The van der Waals surface area contributed by atoms with Crippen LogP contribution in [0.1, 0.15) is 13.3 Å². The molecule has 194 valence electrons. The lowest BCUT2D eigenvalue weighted by Crippen LogP contribution is -2.76. The quantitative estimate of drug-likeness (QED) is 0.326. The SMILES string of the molecule is CCC(F)C(F)(F)C(F)(F)C(F)(F)C(F)(F)C(F)(F)C(F)(F)C(F)(F)C(F)(F)C(O)(F)F. The van der Waals surface area contributed by atoms with E-state index in [2.05, 4.69) is 0 Å². The molecule has 0 aliphatic rings. The molecule has 0 aliphatic carbocycles. The third kappa shape index (κ3) is 3.54. The fourth-order valence-corrected chi connectivity index (χ4v) is 1.84. The topological polar surface area (TPSA) is 20.2 Å². The van der Waals surface area contributed by atoms with Crippen LogP contribution in [0, 0.1) is 0 Å². The highest BCUT2D eigenvalue weighted by Crippen LogP contribution is 2.65. The van der Waals surface area contributed by atoms with Gasteiger partial charge in [-0.15, -0.1) is 0 Å². The molecule has 0 rings (SSSR count). The average Bonchev–Trinajstić information content (AvgIpc) is 2.58. The minimum Gasteiger partial charge on any atom is -0.331 e. The third-order valence-corrected chi connectivity index (χ3v) is 3.91. The number of hydrogen-bond acceptors (Lipinski definition) is 1. The molecule has 1 unspecified atom stereocenters. The summed E-state index contributed by atoms with van der Waals surface area (Å²) in [5.74, 6) is -67.1. The summed E-state index contributed by atoms with van der Waals surface area (Å²) in [7, 11) is 0. The van der Waals surface area contributed by atoms with E-state index in [-0.39, 0.29) is 6.92 Å². The predicted octanol–water partition coefficient (Wildman–Crippen LogP) is 6.40. The first-order valence-corrected chi connectivity index (χ1v) is 7.25. The van der Waals surface area contributed by atoms with Gasteiger partial charge in [0.05, 0.1) is 0 Å². The second-order valence-electron chi connectivity index (χ2n) is 6.06. The molecule has 0 bridgehead atoms. The van der Waals surface area contributed by atoms with Crippen LogP contribution in [-0.2, 0) is 0 Å². The van der Waals surface area contributed by atoms with Gasteiger partial charge in [0.15, 0.2) is 6.17 Å². The zero-order valence-electron chi connectivity index (χ0n) is 14.4. The molecule has 0 heterocycles. The van der Waals surface area contributed by atoms with Crippen LogP contribution in [0.5, 0.6) is 0 Å². The zero-order valence-corrected chi connectivity index (χ0v) is 14.4. The van der Waals surface area contributed by atoms with Crippen molar-refractivity contribution >= 4 is 0 Å². The van der Waals surface area contributed by atoms with Crippen LogP contribution < -0.4 is 0 Å². The van der Waals surface area contributed by atoms with Crippen LogP contribution in [-0.4, -0.2) is 64.8 Å². The van der Waals surface area contributed by atoms with E-state index in [1.165, 1.54) is 0 Å². The molecule has 0 aromatic heterocycles. The van der Waals surface area contributed by atoms with Gasteiger partial charge in [-0.05, 0) is 6.42 Å². The number of aliphatic hydroxyl groups is 1. The van der Waals surface area contributed by atoms with Gasteiger partial charge in [0.2, 0.25) is 0 Å². The first-order chi connectivity index (χ1) is 13.5. The van der Waals surface area contributed by atoms with Crippen molar-refractivity contribution in [3.8, 4) is 0 Å². The summed E-state index contributed by atoms with van der Waals surface area (Å²) in [5.41, 5.74) is 0. The molecular weight excluding hydrogens is 521 g/mol. The molecule has 32 heavy (non-hydrogen) atoms. The van der Waals surface area contributed by atoms with E-state index in [0.717, 1.165) is 0 Å². The summed E-state index contributed by atoms with van der Waals surface area (Å²) in [6, 6.07) is 0. The molecule has 0 aliphatic heterocycles. The zero-order chi connectivity index (χ0) is 26.8. The van der Waals surface area contributed by atoms with Crippen molar-refractivity contribution in [3.63, 3.8) is 0 Å². The van der Waals surface area contributed by atoms with Gasteiger partial charge < -0.3 is 5.11 Å². The Hall–Kier alpha value is -1.37. The Labute approximate surface area is 163 Å². The summed E-state index contributed by atoms with van der Waals surface area (Å²) in [5, 5.41) is 7.46. The molecule has 0 aromatic rings. The first-order valence-electron chi connectivity index (χ1n) is 7.25. The van der Waals surface area contributed by atoms with Crippen molar-refractivity contribution < 1.29 is 88.5 Å². The van der Waals surface area contributed by atoms with Crippen molar-refractivity contribution in [3.05, 3.63) is 0 Å². The Morgan fingerprint density at radius 2 is 0.688 bits per heavy atom. The molecule has 1 atom stereocenters. The predicted molar refractivity (Wildman–Crippen MR) is 61.9 cm³/mol. The Balaban J connectivity index is 6.92. The van der Waals surface area contributed by atoms with Gasteiger partial charge in [0, 0.05) is 0 Å². The van der Waals surface area contributed by atoms with Gasteiger partial charge in [-0.25, -0.2) is 4.39 Å². The smallest absolute Gasteiger partial charge is 0.331 e. The van der Waals surface area contributed by atoms with Crippen LogP contribution >= 0.6 is 0 Å². The first kappa shape index (κ1) is 30.6. The van der Waals surface area contributed by atoms with E-state index >= 15 is 0 Å². The number of hydrogen-bond donors (Lipinski definition) is 1. The molecular formula is C12H7F19O. The molecule has 20 heteroatoms. The number of halogens is 19. The summed E-state index contributed by atoms with van der Waals surface area (Å²) >= 11 is 0. The van der Waals surface area contributed by atoms with Crippen molar-refractivity contribution in [1.29, 1.82) is 0 Å². The second-order valence-corrected chi connectivity index (χ2v) is 6.06. The molecule has 0 spiro atoms. The standard InChI is InChI=1S/C12H7F19O/c1-2-3(13)4(14,15)5(16,17)6(18,19)7(20,21)8(22,23)9(24,25)10(26,27)11(28,29)12(30,31)32/h3,32H,2H2,1H3. The van der Waals surface area contributed by atoms with Crippen LogP contribution in [0.25, 0.3) is 0 Å². The summed E-state index contributed by atoms with van der Waals surface area (Å²) in [4.78, 5) is 0. The van der Waals surface area contributed by atoms with E-state index in [1.807, 2.05) is 0 Å². The third-order valence-electron chi connectivity index (χ3n) is 3.91. The maximum atomic E-state index is 13.3. The van der Waals surface area contributed by atoms with E-state index in [9.17, 15) is 83.4 Å². The highest BCUT2D eigenvalue weighted by atomic mass is 19.4. The fourth-order valence-electron chi connectivity index (χ4n) is 1.84. The van der Waals surface area contributed by atoms with E-state index < -0.39 is 66.1 Å². The van der Waals surface area contributed by atoms with Gasteiger partial charge >= 0.3 is 53.5 Å². The maximum Gasteiger partial charge on any atom is 0.423 e. The van der Waals surface area contributed by atoms with E-state index in [4.69, 9.17) is 5.11 Å². The van der Waals surface area contributed by atoms with Crippen LogP contribution in [0.15, 0.2) is 0 Å². The van der Waals surface area contributed by atoms with Crippen molar-refractivity contribution in [2.45, 2.75) is 73.0 Å². The molecule has 0 saturated carbocycles. The summed E-state index contributed by atoms with van der Waals surface area (Å²) in [6.07, 6.45) is -13.9. The van der Waals surface area contributed by atoms with Gasteiger partial charge in [-0.2, -0.15) is 79.0 Å². The Morgan fingerprint density at radius 1 is 0.469 bits per heavy atom. The number of alkyl halides is 19. The maximum absolute atomic E-state index is 13.3. The molecule has 0 saturated heterocycles. The molecule has 1 nitrogen and oxygen atoms in total. The highest BCUT2D eigenvalue weighted by molar-refractivity contribution is 5.17. The van der Waals surface area contributed by atoms with Crippen LogP contribution in [0.3, 0.4) is 0 Å². The molecule has 0 fully saturated rings. The van der Waals surface area contributed by atoms with E-state index in [1.54, 1.807) is 0 Å². The van der Waals surface area contributed by atoms with Crippen molar-refractivity contribution in [1.82, 2.24) is 0 Å². The second kappa shape index (κ2) is 7.57. The molecule has 1 N–H and O–H groups in total. The van der Waals surface area contributed by atoms with Gasteiger partial charge in [-0.1, -0.05) is 6.92 Å². The molecule has 0 aromatic carbocycles. The van der Waals surface area contributed by atoms with Crippen LogP contribution in [0.2, 0.25) is 0 Å². The molecule has 0 amide bonds.